The molecule has 5 nitrogen and oxygen atoms in total. The van der Waals surface area contributed by atoms with E-state index in [9.17, 15) is 4.79 Å². The molecule has 0 saturated carbocycles. The van der Waals surface area contributed by atoms with Crippen molar-refractivity contribution in [2.24, 2.45) is 11.8 Å². The minimum Gasteiger partial charge on any atom is -0.381 e. The normalized spacial score (nSPS) is 25.5. The van der Waals surface area contributed by atoms with Gasteiger partial charge in [-0.1, -0.05) is 30.3 Å². The van der Waals surface area contributed by atoms with E-state index in [0.29, 0.717) is 11.8 Å². The molecule has 2 aliphatic heterocycles. The number of carbonyl (C=O) groups excluding carboxylic acids is 1. The number of hydrogen-bond donors (Lipinski definition) is 2. The van der Waals surface area contributed by atoms with Crippen LogP contribution in [-0.2, 0) is 4.74 Å². The highest BCUT2D eigenvalue weighted by molar-refractivity contribution is 5.74. The average molecular weight is 345 g/mol. The first-order valence-corrected chi connectivity index (χ1v) is 9.56. The lowest BCUT2D eigenvalue weighted by Crippen LogP contribution is -2.43. The zero-order valence-electron chi connectivity index (χ0n) is 15.2. The van der Waals surface area contributed by atoms with Crippen LogP contribution in [0.2, 0.25) is 0 Å². The Bertz CT molecular complexity index is 531. The van der Waals surface area contributed by atoms with Gasteiger partial charge in [-0.25, -0.2) is 4.79 Å². The molecule has 2 heterocycles. The Balaban J connectivity index is 1.52. The maximum absolute atomic E-state index is 12.5. The van der Waals surface area contributed by atoms with Crippen molar-refractivity contribution in [3.8, 4) is 0 Å². The number of piperidine rings is 1. The summed E-state index contributed by atoms with van der Waals surface area (Å²) in [6, 6.07) is 10.3. The summed E-state index contributed by atoms with van der Waals surface area (Å²) in [6.45, 7) is 4.64. The van der Waals surface area contributed by atoms with Crippen molar-refractivity contribution in [3.05, 3.63) is 35.9 Å². The lowest BCUT2D eigenvalue weighted by Gasteiger charge is -2.30. The molecule has 0 spiro atoms. The van der Waals surface area contributed by atoms with Gasteiger partial charge in [0.25, 0.3) is 0 Å². The summed E-state index contributed by atoms with van der Waals surface area (Å²) in [4.78, 5) is 14.8. The van der Waals surface area contributed by atoms with Gasteiger partial charge in [-0.3, -0.25) is 0 Å². The Morgan fingerprint density at radius 1 is 1.28 bits per heavy atom. The van der Waals surface area contributed by atoms with Gasteiger partial charge in [0.05, 0.1) is 6.04 Å². The molecule has 0 radical (unpaired) electrons. The third kappa shape index (κ3) is 5.72. The van der Waals surface area contributed by atoms with Gasteiger partial charge in [0, 0.05) is 26.3 Å². The fourth-order valence-corrected chi connectivity index (χ4v) is 3.95. The molecular weight excluding hydrogens is 314 g/mol. The van der Waals surface area contributed by atoms with Gasteiger partial charge in [-0.05, 0) is 56.7 Å². The molecule has 138 valence electrons. The Morgan fingerprint density at radius 3 is 2.84 bits per heavy atom. The van der Waals surface area contributed by atoms with E-state index >= 15 is 0 Å². The summed E-state index contributed by atoms with van der Waals surface area (Å²) in [6.07, 6.45) is 4.44. The second-order valence-corrected chi connectivity index (χ2v) is 7.55. The highest BCUT2D eigenvalue weighted by atomic mass is 16.5. The van der Waals surface area contributed by atoms with Crippen LogP contribution in [0.5, 0.6) is 0 Å². The van der Waals surface area contributed by atoms with Crippen molar-refractivity contribution >= 4 is 6.03 Å². The van der Waals surface area contributed by atoms with Gasteiger partial charge < -0.3 is 20.3 Å². The second-order valence-electron chi connectivity index (χ2n) is 7.55. The zero-order valence-corrected chi connectivity index (χ0v) is 15.2. The Labute approximate surface area is 151 Å². The third-order valence-corrected chi connectivity index (χ3v) is 5.37. The Morgan fingerprint density at radius 2 is 2.12 bits per heavy atom. The molecule has 3 rings (SSSR count). The molecule has 25 heavy (non-hydrogen) atoms. The largest absolute Gasteiger partial charge is 0.381 e. The van der Waals surface area contributed by atoms with Crippen LogP contribution in [0.15, 0.2) is 30.3 Å². The zero-order chi connectivity index (χ0) is 17.5. The van der Waals surface area contributed by atoms with Crippen LogP contribution in [0.3, 0.4) is 0 Å². The number of amides is 2. The molecule has 2 aliphatic rings. The molecule has 2 N–H and O–H groups in total. The molecule has 1 aromatic carbocycles. The van der Waals surface area contributed by atoms with Crippen molar-refractivity contribution in [1.29, 1.82) is 0 Å². The molecule has 5 heteroatoms. The maximum atomic E-state index is 12.5. The van der Waals surface area contributed by atoms with E-state index in [2.05, 4.69) is 34.7 Å². The number of carbonyl (C=O) groups is 1. The van der Waals surface area contributed by atoms with Crippen LogP contribution in [-0.4, -0.2) is 50.8 Å². The lowest BCUT2D eigenvalue weighted by atomic mass is 9.94. The molecule has 3 atom stereocenters. The smallest absolute Gasteiger partial charge is 0.315 e. The van der Waals surface area contributed by atoms with Crippen molar-refractivity contribution < 1.29 is 9.53 Å². The lowest BCUT2D eigenvalue weighted by molar-refractivity contribution is 0.180. The Hall–Kier alpha value is -1.59. The standard InChI is InChI=1S/C20H31N3O2/c1-23-10-5-6-17(14-23)13-21-20(24)22-19(12-16-9-11-25-15-16)18-7-3-2-4-8-18/h2-4,7-8,16-17,19H,5-6,9-15H2,1H3,(H2,21,22,24)/t16-,17-,19+/m1/s1. The predicted molar refractivity (Wildman–Crippen MR) is 99.5 cm³/mol. The quantitative estimate of drug-likeness (QED) is 0.834. The van der Waals surface area contributed by atoms with Gasteiger partial charge in [-0.2, -0.15) is 0 Å². The fourth-order valence-electron chi connectivity index (χ4n) is 3.95. The highest BCUT2D eigenvalue weighted by Gasteiger charge is 2.24. The molecular formula is C20H31N3O2. The number of nitrogens with one attached hydrogen (secondary N) is 2. The molecule has 0 unspecified atom stereocenters. The number of likely N-dealkylation sites (tertiary alicyclic amines) is 1. The average Bonchev–Trinajstić information content (AvgIpc) is 3.13. The topological polar surface area (TPSA) is 53.6 Å². The number of nitrogens with zero attached hydrogens (tertiary/aromatic N) is 1. The number of hydrogen-bond acceptors (Lipinski definition) is 3. The SMILES string of the molecule is CN1CCC[C@H](CNC(=O)N[C@@H](C[C@H]2CCOC2)c2ccccc2)C1. The first-order valence-electron chi connectivity index (χ1n) is 9.56. The number of rotatable bonds is 6. The molecule has 0 aliphatic carbocycles. The van der Waals surface area contributed by atoms with E-state index in [0.717, 1.165) is 39.1 Å². The van der Waals surface area contributed by atoms with Gasteiger partial charge in [-0.15, -0.1) is 0 Å². The third-order valence-electron chi connectivity index (χ3n) is 5.37. The fraction of sp³-hybridized carbons (Fsp3) is 0.650. The monoisotopic (exact) mass is 345 g/mol. The van der Waals surface area contributed by atoms with Gasteiger partial charge in [0.1, 0.15) is 0 Å². The summed E-state index contributed by atoms with van der Waals surface area (Å²) >= 11 is 0. The van der Waals surface area contributed by atoms with Crippen molar-refractivity contribution in [2.75, 3.05) is 39.9 Å². The summed E-state index contributed by atoms with van der Waals surface area (Å²) < 4.78 is 5.50. The molecule has 0 aromatic heterocycles. The van der Waals surface area contributed by atoms with Crippen LogP contribution in [0.4, 0.5) is 4.79 Å². The van der Waals surface area contributed by atoms with Crippen LogP contribution in [0.1, 0.15) is 37.3 Å². The summed E-state index contributed by atoms with van der Waals surface area (Å²) in [5.41, 5.74) is 1.17. The van der Waals surface area contributed by atoms with E-state index in [1.807, 2.05) is 18.2 Å². The number of urea groups is 1. The number of benzene rings is 1. The van der Waals surface area contributed by atoms with Gasteiger partial charge >= 0.3 is 6.03 Å². The minimum absolute atomic E-state index is 0.0435. The van der Waals surface area contributed by atoms with E-state index in [-0.39, 0.29) is 12.1 Å². The summed E-state index contributed by atoms with van der Waals surface area (Å²) in [5, 5.41) is 6.28. The van der Waals surface area contributed by atoms with Crippen LogP contribution in [0.25, 0.3) is 0 Å². The van der Waals surface area contributed by atoms with Crippen molar-refractivity contribution in [1.82, 2.24) is 15.5 Å². The summed E-state index contributed by atoms with van der Waals surface area (Å²) in [7, 11) is 2.15. The van der Waals surface area contributed by atoms with E-state index in [1.54, 1.807) is 0 Å². The van der Waals surface area contributed by atoms with Gasteiger partial charge in [0.2, 0.25) is 0 Å². The predicted octanol–water partition coefficient (Wildman–Crippen LogP) is 2.80. The molecule has 2 saturated heterocycles. The van der Waals surface area contributed by atoms with Crippen LogP contribution >= 0.6 is 0 Å². The highest BCUT2D eigenvalue weighted by Crippen LogP contribution is 2.26. The maximum Gasteiger partial charge on any atom is 0.315 e. The van der Waals surface area contributed by atoms with Crippen LogP contribution in [0, 0.1) is 11.8 Å². The Kier molecular flexibility index (Phi) is 6.70. The van der Waals surface area contributed by atoms with E-state index in [4.69, 9.17) is 4.74 Å². The molecule has 2 amide bonds. The molecule has 1 aromatic rings. The first kappa shape index (κ1) is 18.2. The number of ether oxygens (including phenoxy) is 1. The molecule has 2 fully saturated rings. The van der Waals surface area contributed by atoms with Crippen molar-refractivity contribution in [3.63, 3.8) is 0 Å². The van der Waals surface area contributed by atoms with E-state index in [1.165, 1.54) is 24.9 Å². The van der Waals surface area contributed by atoms with E-state index < -0.39 is 0 Å². The van der Waals surface area contributed by atoms with Crippen molar-refractivity contribution in [2.45, 2.75) is 31.7 Å². The van der Waals surface area contributed by atoms with Gasteiger partial charge in [0.15, 0.2) is 0 Å². The van der Waals surface area contributed by atoms with Crippen LogP contribution < -0.4 is 10.6 Å². The second kappa shape index (κ2) is 9.20. The summed E-state index contributed by atoms with van der Waals surface area (Å²) in [5.74, 6) is 1.08. The molecule has 0 bridgehead atoms. The first-order chi connectivity index (χ1) is 12.2. The minimum atomic E-state index is -0.0546.